The van der Waals surface area contributed by atoms with Crippen LogP contribution in [0.2, 0.25) is 0 Å². The standard InChI is InChI=1S/2C6H6.C2H6S2/c2*1-2-4-6-5-3-1;1-3-4-2/h2*1-6H;1-2H3. The van der Waals surface area contributed by atoms with Gasteiger partial charge in [-0.3, -0.25) is 0 Å². The Balaban J connectivity index is 0.000000217. The monoisotopic (exact) mass is 250 g/mol. The largest absolute Gasteiger partial charge is 0.0979 e. The molecule has 2 aromatic carbocycles. The quantitative estimate of drug-likeness (QED) is 0.653. The molecule has 86 valence electrons. The van der Waals surface area contributed by atoms with Crippen LogP contribution in [0.3, 0.4) is 0 Å². The normalized spacial score (nSPS) is 7.88. The van der Waals surface area contributed by atoms with E-state index in [1.54, 1.807) is 21.6 Å². The number of hydrogen-bond donors (Lipinski definition) is 0. The van der Waals surface area contributed by atoms with Crippen molar-refractivity contribution in [3.63, 3.8) is 0 Å². The van der Waals surface area contributed by atoms with E-state index in [1.807, 2.05) is 72.8 Å². The molecule has 0 nitrogen and oxygen atoms in total. The lowest BCUT2D eigenvalue weighted by atomic mass is 10.4. The Kier molecular flexibility index (Phi) is 13.4. The summed E-state index contributed by atoms with van der Waals surface area (Å²) < 4.78 is 0. The summed E-state index contributed by atoms with van der Waals surface area (Å²) in [5, 5.41) is 0. The fourth-order valence-corrected chi connectivity index (χ4v) is 0.770. The van der Waals surface area contributed by atoms with E-state index in [2.05, 4.69) is 12.5 Å². The van der Waals surface area contributed by atoms with Gasteiger partial charge in [0, 0.05) is 0 Å². The van der Waals surface area contributed by atoms with Crippen molar-refractivity contribution in [2.45, 2.75) is 0 Å². The fraction of sp³-hybridized carbons (Fsp3) is 0.143. The SMILES string of the molecule is CSSC.c1ccccc1.c1ccccc1. The minimum Gasteiger partial charge on any atom is -0.0979 e. The molecule has 0 aliphatic carbocycles. The highest BCUT2D eigenvalue weighted by molar-refractivity contribution is 8.76. The van der Waals surface area contributed by atoms with Crippen molar-refractivity contribution in [2.75, 3.05) is 12.5 Å². The van der Waals surface area contributed by atoms with Crippen LogP contribution in [0.1, 0.15) is 0 Å². The predicted octanol–water partition coefficient (Wildman–Crippen LogP) is 5.00. The summed E-state index contributed by atoms with van der Waals surface area (Å²) in [5.74, 6) is 0. The lowest BCUT2D eigenvalue weighted by Crippen LogP contribution is -1.47. The van der Waals surface area contributed by atoms with E-state index in [-0.39, 0.29) is 0 Å². The molecule has 16 heavy (non-hydrogen) atoms. The molecule has 0 radical (unpaired) electrons. The van der Waals surface area contributed by atoms with Gasteiger partial charge >= 0.3 is 0 Å². The van der Waals surface area contributed by atoms with Gasteiger partial charge in [0.1, 0.15) is 0 Å². The van der Waals surface area contributed by atoms with Crippen LogP contribution in [0.15, 0.2) is 72.8 Å². The van der Waals surface area contributed by atoms with Crippen molar-refractivity contribution < 1.29 is 0 Å². The van der Waals surface area contributed by atoms with E-state index < -0.39 is 0 Å². The molecule has 2 aromatic rings. The molecule has 0 saturated carbocycles. The molecule has 0 bridgehead atoms. The molecule has 0 spiro atoms. The molecule has 0 saturated heterocycles. The van der Waals surface area contributed by atoms with Crippen molar-refractivity contribution in [1.29, 1.82) is 0 Å². The molecule has 2 heteroatoms. The molecule has 0 aromatic heterocycles. The van der Waals surface area contributed by atoms with Crippen LogP contribution >= 0.6 is 21.6 Å². The topological polar surface area (TPSA) is 0 Å². The molecule has 0 heterocycles. The van der Waals surface area contributed by atoms with Crippen molar-refractivity contribution in [1.82, 2.24) is 0 Å². The van der Waals surface area contributed by atoms with E-state index in [4.69, 9.17) is 0 Å². The first-order valence-electron chi connectivity index (χ1n) is 4.98. The molecule has 0 atom stereocenters. The maximum atomic E-state index is 2.06. The average Bonchev–Trinajstić information content (AvgIpc) is 2.44. The molecule has 0 N–H and O–H groups in total. The minimum atomic E-state index is 1.77. The van der Waals surface area contributed by atoms with E-state index in [0.717, 1.165) is 0 Å². The summed E-state index contributed by atoms with van der Waals surface area (Å²) >= 11 is 0. The van der Waals surface area contributed by atoms with Gasteiger partial charge in [0.25, 0.3) is 0 Å². The van der Waals surface area contributed by atoms with Crippen LogP contribution in [0.5, 0.6) is 0 Å². The molecular formula is C14H18S2. The minimum absolute atomic E-state index is 1.77. The highest BCUT2D eigenvalue weighted by Gasteiger charge is 1.58. The maximum absolute atomic E-state index is 2.06. The summed E-state index contributed by atoms with van der Waals surface area (Å²) in [6.45, 7) is 0. The second kappa shape index (κ2) is 14.1. The maximum Gasteiger partial charge on any atom is -0.00793 e. The molecule has 0 fully saturated rings. The highest BCUT2D eigenvalue weighted by atomic mass is 33.1. The van der Waals surface area contributed by atoms with Gasteiger partial charge in [-0.2, -0.15) is 0 Å². The lowest BCUT2D eigenvalue weighted by molar-refractivity contribution is 1.72. The Morgan fingerprint density at radius 2 is 0.500 bits per heavy atom. The molecule has 2 rings (SSSR count). The molecule has 0 unspecified atom stereocenters. The molecule has 0 aliphatic heterocycles. The van der Waals surface area contributed by atoms with Crippen LogP contribution in [-0.4, -0.2) is 12.5 Å². The van der Waals surface area contributed by atoms with E-state index in [1.165, 1.54) is 0 Å². The van der Waals surface area contributed by atoms with E-state index in [9.17, 15) is 0 Å². The predicted molar refractivity (Wildman–Crippen MR) is 79.9 cm³/mol. The Bertz CT molecular complexity index is 208. The van der Waals surface area contributed by atoms with Gasteiger partial charge < -0.3 is 0 Å². The number of benzene rings is 2. The third-order valence-corrected chi connectivity index (χ3v) is 2.83. The zero-order chi connectivity index (χ0) is 11.9. The molecule has 0 amide bonds. The lowest BCUT2D eigenvalue weighted by Gasteiger charge is -1.69. The van der Waals surface area contributed by atoms with E-state index in [0.29, 0.717) is 0 Å². The van der Waals surface area contributed by atoms with Gasteiger partial charge in [-0.25, -0.2) is 0 Å². The second-order valence-electron chi connectivity index (χ2n) is 2.64. The van der Waals surface area contributed by atoms with Gasteiger partial charge in [0.15, 0.2) is 0 Å². The summed E-state index contributed by atoms with van der Waals surface area (Å²) in [6, 6.07) is 24.0. The summed E-state index contributed by atoms with van der Waals surface area (Å²) in [7, 11) is 3.55. The van der Waals surface area contributed by atoms with Gasteiger partial charge in [-0.05, 0) is 12.5 Å². The fourth-order valence-electron chi connectivity index (χ4n) is 0.770. The summed E-state index contributed by atoms with van der Waals surface area (Å²) in [6.07, 6.45) is 4.12. The second-order valence-corrected chi connectivity index (χ2v) is 5.31. The first kappa shape index (κ1) is 15.1. The smallest absolute Gasteiger partial charge is 0.00793 e. The van der Waals surface area contributed by atoms with Crippen molar-refractivity contribution >= 4 is 21.6 Å². The van der Waals surface area contributed by atoms with Crippen LogP contribution in [0.4, 0.5) is 0 Å². The van der Waals surface area contributed by atoms with Crippen LogP contribution in [-0.2, 0) is 0 Å². The Hall–Kier alpha value is -0.860. The average molecular weight is 250 g/mol. The number of hydrogen-bond acceptors (Lipinski definition) is 2. The first-order chi connectivity index (χ1) is 7.91. The van der Waals surface area contributed by atoms with Crippen molar-refractivity contribution in [3.05, 3.63) is 72.8 Å². The number of rotatable bonds is 1. The Morgan fingerprint density at radius 3 is 0.562 bits per heavy atom. The van der Waals surface area contributed by atoms with Crippen molar-refractivity contribution in [3.8, 4) is 0 Å². The summed E-state index contributed by atoms with van der Waals surface area (Å²) in [5.41, 5.74) is 0. The van der Waals surface area contributed by atoms with E-state index >= 15 is 0 Å². The first-order valence-corrected chi connectivity index (χ1v) is 7.95. The molecule has 0 aliphatic rings. The van der Waals surface area contributed by atoms with Crippen LogP contribution in [0.25, 0.3) is 0 Å². The van der Waals surface area contributed by atoms with Gasteiger partial charge in [-0.15, -0.1) is 0 Å². The molecular weight excluding hydrogens is 232 g/mol. The van der Waals surface area contributed by atoms with Crippen molar-refractivity contribution in [2.24, 2.45) is 0 Å². The third kappa shape index (κ3) is 13.1. The van der Waals surface area contributed by atoms with Crippen LogP contribution in [0, 0.1) is 0 Å². The third-order valence-electron chi connectivity index (χ3n) is 1.50. The Labute approximate surface area is 107 Å². The van der Waals surface area contributed by atoms with Gasteiger partial charge in [0.2, 0.25) is 0 Å². The zero-order valence-corrected chi connectivity index (χ0v) is 11.4. The zero-order valence-electron chi connectivity index (χ0n) is 9.74. The van der Waals surface area contributed by atoms with Crippen LogP contribution < -0.4 is 0 Å². The van der Waals surface area contributed by atoms with Gasteiger partial charge in [-0.1, -0.05) is 94.4 Å². The summed E-state index contributed by atoms with van der Waals surface area (Å²) in [4.78, 5) is 0. The highest BCUT2D eigenvalue weighted by Crippen LogP contribution is 2.09. The Morgan fingerprint density at radius 1 is 0.375 bits per heavy atom. The van der Waals surface area contributed by atoms with Gasteiger partial charge in [0.05, 0.1) is 0 Å².